The normalized spacial score (nSPS) is 11.8. The lowest BCUT2D eigenvalue weighted by Gasteiger charge is -2.11. The summed E-state index contributed by atoms with van der Waals surface area (Å²) >= 11 is 1.54. The van der Waals surface area contributed by atoms with Gasteiger partial charge in [-0.15, -0.1) is 0 Å². The highest BCUT2D eigenvalue weighted by atomic mass is 32.1. The number of nitrogens with zero attached hydrogens (tertiary/aromatic N) is 3. The smallest absolute Gasteiger partial charge is 0.279 e. The lowest BCUT2D eigenvalue weighted by molar-refractivity contribution is 0.0998. The molecule has 1 aromatic heterocycles. The first-order valence-electron chi connectivity index (χ1n) is 8.99. The third-order valence-corrected chi connectivity index (χ3v) is 5.69. The van der Waals surface area contributed by atoms with Crippen molar-refractivity contribution in [2.75, 3.05) is 26.1 Å². The van der Waals surface area contributed by atoms with Crippen molar-refractivity contribution in [1.29, 1.82) is 0 Å². The maximum absolute atomic E-state index is 12.7. The van der Waals surface area contributed by atoms with Crippen LogP contribution in [0.15, 0.2) is 41.4 Å². The summed E-state index contributed by atoms with van der Waals surface area (Å²) < 4.78 is 8.77. The monoisotopic (exact) mass is 383 g/mol. The molecule has 3 aromatic rings. The van der Waals surface area contributed by atoms with Gasteiger partial charge in [0.1, 0.15) is 11.3 Å². The molecule has 0 saturated carbocycles. The molecule has 0 bridgehead atoms. The van der Waals surface area contributed by atoms with E-state index in [2.05, 4.69) is 23.4 Å². The Hall–Kier alpha value is -2.60. The van der Waals surface area contributed by atoms with Crippen molar-refractivity contribution < 1.29 is 9.53 Å². The van der Waals surface area contributed by atoms with Crippen LogP contribution >= 0.6 is 11.3 Å². The summed E-state index contributed by atoms with van der Waals surface area (Å²) in [6.45, 7) is 4.97. The summed E-state index contributed by atoms with van der Waals surface area (Å²) in [7, 11) is 5.62. The molecular formula is C21H25N3O2S. The molecule has 2 aromatic carbocycles. The number of rotatable bonds is 5. The topological polar surface area (TPSA) is 46.8 Å². The molecule has 0 unspecified atom stereocenters. The molecule has 142 valence electrons. The van der Waals surface area contributed by atoms with E-state index in [1.165, 1.54) is 11.3 Å². The van der Waals surface area contributed by atoms with Gasteiger partial charge in [-0.1, -0.05) is 24.3 Å². The Morgan fingerprint density at radius 1 is 1.19 bits per heavy atom. The first-order valence-corrected chi connectivity index (χ1v) is 9.81. The van der Waals surface area contributed by atoms with Gasteiger partial charge in [-0.05, 0) is 49.2 Å². The van der Waals surface area contributed by atoms with Crippen molar-refractivity contribution in [3.8, 4) is 5.75 Å². The van der Waals surface area contributed by atoms with Gasteiger partial charge in [0.25, 0.3) is 5.91 Å². The minimum Gasteiger partial charge on any atom is -0.495 e. The quantitative estimate of drug-likeness (QED) is 0.662. The van der Waals surface area contributed by atoms with E-state index in [-0.39, 0.29) is 5.91 Å². The summed E-state index contributed by atoms with van der Waals surface area (Å²) in [5.74, 6) is 0.581. The van der Waals surface area contributed by atoms with E-state index in [0.717, 1.165) is 40.2 Å². The molecule has 6 heteroatoms. The number of carbonyl (C=O) groups is 1. The van der Waals surface area contributed by atoms with Crippen LogP contribution in [0.2, 0.25) is 0 Å². The van der Waals surface area contributed by atoms with E-state index in [4.69, 9.17) is 4.74 Å². The fourth-order valence-electron chi connectivity index (χ4n) is 3.01. The number of fused-ring (bicyclic) bond motifs is 1. The Kier molecular flexibility index (Phi) is 5.65. The zero-order valence-electron chi connectivity index (χ0n) is 16.4. The van der Waals surface area contributed by atoms with E-state index in [9.17, 15) is 4.79 Å². The second kappa shape index (κ2) is 7.96. The van der Waals surface area contributed by atoms with Gasteiger partial charge < -0.3 is 14.2 Å². The molecule has 5 nitrogen and oxygen atoms in total. The molecule has 0 aliphatic rings. The predicted molar refractivity (Wildman–Crippen MR) is 112 cm³/mol. The molecule has 0 saturated heterocycles. The maximum atomic E-state index is 12.7. The van der Waals surface area contributed by atoms with Crippen molar-refractivity contribution in [3.63, 3.8) is 0 Å². The molecule has 0 aliphatic heterocycles. The zero-order chi connectivity index (χ0) is 19.6. The number of hydrogen-bond donors (Lipinski definition) is 0. The number of methoxy groups -OCH3 is 1. The van der Waals surface area contributed by atoms with Crippen LogP contribution in [0.4, 0.5) is 5.69 Å². The molecule has 0 atom stereocenters. The number of aryl methyl sites for hydroxylation is 2. The van der Waals surface area contributed by atoms with Gasteiger partial charge in [-0.25, -0.2) is 0 Å². The Bertz CT molecular complexity index is 1030. The number of carbonyl (C=O) groups excluding carboxylic acids is 1. The summed E-state index contributed by atoms with van der Waals surface area (Å²) in [5, 5.41) is 0. The van der Waals surface area contributed by atoms with Crippen molar-refractivity contribution in [2.24, 2.45) is 4.99 Å². The van der Waals surface area contributed by atoms with E-state index < -0.39 is 0 Å². The van der Waals surface area contributed by atoms with E-state index >= 15 is 0 Å². The largest absolute Gasteiger partial charge is 0.495 e. The van der Waals surface area contributed by atoms with Crippen LogP contribution in [0.1, 0.15) is 29.3 Å². The van der Waals surface area contributed by atoms with Gasteiger partial charge in [0.15, 0.2) is 4.80 Å². The molecule has 1 amide bonds. The molecule has 1 heterocycles. The van der Waals surface area contributed by atoms with Gasteiger partial charge in [0, 0.05) is 31.9 Å². The maximum Gasteiger partial charge on any atom is 0.279 e. The van der Waals surface area contributed by atoms with Crippen molar-refractivity contribution >= 4 is 33.1 Å². The van der Waals surface area contributed by atoms with Crippen LogP contribution in [0.3, 0.4) is 0 Å². The second-order valence-electron chi connectivity index (χ2n) is 6.66. The number of anilines is 1. The molecule has 0 N–H and O–H groups in total. The van der Waals surface area contributed by atoms with Crippen LogP contribution in [0, 0.1) is 6.92 Å². The fraction of sp³-hybridized carbons (Fsp3) is 0.333. The standard InChI is InChI=1S/C21H25N3O2S/c1-6-13-24-18-17(26-5)12-7-14(2)19(18)27-21(24)22-20(25)15-8-10-16(11-9-15)23(3)4/h7-12H,6,13H2,1-5H3. The third kappa shape index (κ3) is 3.76. The Balaban J connectivity index is 2.13. The minimum atomic E-state index is -0.228. The van der Waals surface area contributed by atoms with Gasteiger partial charge >= 0.3 is 0 Å². The van der Waals surface area contributed by atoms with Crippen LogP contribution < -0.4 is 14.4 Å². The van der Waals surface area contributed by atoms with Crippen molar-refractivity contribution in [2.45, 2.75) is 26.8 Å². The summed E-state index contributed by atoms with van der Waals surface area (Å²) in [6.07, 6.45) is 0.946. The van der Waals surface area contributed by atoms with Crippen molar-refractivity contribution in [1.82, 2.24) is 4.57 Å². The summed E-state index contributed by atoms with van der Waals surface area (Å²) in [6, 6.07) is 11.5. The number of thiazole rings is 1. The average Bonchev–Trinajstić information content (AvgIpc) is 3.02. The number of hydrogen-bond acceptors (Lipinski definition) is 4. The molecule has 27 heavy (non-hydrogen) atoms. The Morgan fingerprint density at radius 2 is 1.89 bits per heavy atom. The van der Waals surface area contributed by atoms with Crippen LogP contribution in [-0.4, -0.2) is 31.7 Å². The van der Waals surface area contributed by atoms with Crippen LogP contribution in [0.25, 0.3) is 10.2 Å². The molecule has 3 rings (SSSR count). The van der Waals surface area contributed by atoms with Gasteiger partial charge in [-0.2, -0.15) is 4.99 Å². The fourth-order valence-corrected chi connectivity index (χ4v) is 4.15. The Labute approximate surface area is 163 Å². The highest BCUT2D eigenvalue weighted by Crippen LogP contribution is 2.30. The van der Waals surface area contributed by atoms with E-state index in [1.54, 1.807) is 7.11 Å². The first-order chi connectivity index (χ1) is 13.0. The summed E-state index contributed by atoms with van der Waals surface area (Å²) in [4.78, 5) is 19.9. The molecule has 0 radical (unpaired) electrons. The van der Waals surface area contributed by atoms with Gasteiger partial charge in [0.2, 0.25) is 0 Å². The van der Waals surface area contributed by atoms with E-state index in [0.29, 0.717) is 10.4 Å². The zero-order valence-corrected chi connectivity index (χ0v) is 17.3. The van der Waals surface area contributed by atoms with Crippen LogP contribution in [-0.2, 0) is 6.54 Å². The number of amides is 1. The van der Waals surface area contributed by atoms with Crippen molar-refractivity contribution in [3.05, 3.63) is 52.3 Å². The molecule has 0 spiro atoms. The number of aromatic nitrogens is 1. The second-order valence-corrected chi connectivity index (χ2v) is 7.63. The van der Waals surface area contributed by atoms with Crippen LogP contribution in [0.5, 0.6) is 5.75 Å². The lowest BCUT2D eigenvalue weighted by atomic mass is 10.2. The lowest BCUT2D eigenvalue weighted by Crippen LogP contribution is -2.17. The number of benzene rings is 2. The third-order valence-electron chi connectivity index (χ3n) is 4.48. The number of ether oxygens (including phenoxy) is 1. The summed E-state index contributed by atoms with van der Waals surface area (Å²) in [5.41, 5.74) is 3.81. The van der Waals surface area contributed by atoms with Gasteiger partial charge in [-0.3, -0.25) is 4.79 Å². The first kappa shape index (κ1) is 19.2. The van der Waals surface area contributed by atoms with Gasteiger partial charge in [0.05, 0.1) is 11.8 Å². The predicted octanol–water partition coefficient (Wildman–Crippen LogP) is 4.24. The molecule has 0 fully saturated rings. The molecule has 0 aliphatic carbocycles. The van der Waals surface area contributed by atoms with E-state index in [1.807, 2.05) is 55.4 Å². The highest BCUT2D eigenvalue weighted by molar-refractivity contribution is 7.16. The molecular weight excluding hydrogens is 358 g/mol. The minimum absolute atomic E-state index is 0.228. The highest BCUT2D eigenvalue weighted by Gasteiger charge is 2.14. The Morgan fingerprint density at radius 3 is 2.48 bits per heavy atom. The average molecular weight is 384 g/mol. The SMILES string of the molecule is CCCn1c(=NC(=O)c2ccc(N(C)C)cc2)sc2c(C)ccc(OC)c21.